The molecule has 0 aromatic carbocycles. The van der Waals surface area contributed by atoms with E-state index in [9.17, 15) is 0 Å². The maximum absolute atomic E-state index is 2.43. The van der Waals surface area contributed by atoms with Crippen LogP contribution in [0.1, 0.15) is 34.1 Å². The summed E-state index contributed by atoms with van der Waals surface area (Å²) in [5.74, 6) is 0.735. The van der Waals surface area contributed by atoms with Crippen LogP contribution in [0, 0.1) is 5.92 Å². The highest BCUT2D eigenvalue weighted by Crippen LogP contribution is 2.22. The summed E-state index contributed by atoms with van der Waals surface area (Å²) in [6.07, 6.45) is 3.62. The SMILES string of the molecule is CC(C)C1=CN(C(C)C)CC1. The van der Waals surface area contributed by atoms with Gasteiger partial charge in [-0.15, -0.1) is 0 Å². The van der Waals surface area contributed by atoms with E-state index in [-0.39, 0.29) is 0 Å². The summed E-state index contributed by atoms with van der Waals surface area (Å²) in [6, 6.07) is 0.672. The molecule has 1 nitrogen and oxygen atoms in total. The van der Waals surface area contributed by atoms with Crippen molar-refractivity contribution in [3.8, 4) is 0 Å². The minimum Gasteiger partial charge on any atom is -0.375 e. The Kier molecular flexibility index (Phi) is 2.58. The average molecular weight is 153 g/mol. The third-order valence-electron chi connectivity index (χ3n) is 2.40. The van der Waals surface area contributed by atoms with Gasteiger partial charge in [0.25, 0.3) is 0 Å². The van der Waals surface area contributed by atoms with Crippen molar-refractivity contribution >= 4 is 0 Å². The number of hydrogen-bond acceptors (Lipinski definition) is 1. The van der Waals surface area contributed by atoms with Gasteiger partial charge in [0.05, 0.1) is 0 Å². The molecule has 1 rings (SSSR count). The van der Waals surface area contributed by atoms with Crippen molar-refractivity contribution < 1.29 is 0 Å². The van der Waals surface area contributed by atoms with Gasteiger partial charge in [-0.05, 0) is 32.4 Å². The summed E-state index contributed by atoms with van der Waals surface area (Å²) < 4.78 is 0. The first kappa shape index (κ1) is 8.63. The molecule has 0 bridgehead atoms. The molecule has 0 amide bonds. The highest BCUT2D eigenvalue weighted by molar-refractivity contribution is 5.10. The van der Waals surface area contributed by atoms with Crippen molar-refractivity contribution in [2.24, 2.45) is 5.92 Å². The zero-order chi connectivity index (χ0) is 8.43. The molecule has 1 aliphatic heterocycles. The van der Waals surface area contributed by atoms with Crippen LogP contribution in [0.4, 0.5) is 0 Å². The van der Waals surface area contributed by atoms with Crippen molar-refractivity contribution in [3.63, 3.8) is 0 Å². The van der Waals surface area contributed by atoms with Gasteiger partial charge in [-0.3, -0.25) is 0 Å². The fraction of sp³-hybridized carbons (Fsp3) is 0.800. The summed E-state index contributed by atoms with van der Waals surface area (Å²) in [5, 5.41) is 0. The Balaban J connectivity index is 2.54. The van der Waals surface area contributed by atoms with E-state index in [1.165, 1.54) is 13.0 Å². The Morgan fingerprint density at radius 3 is 2.18 bits per heavy atom. The Hall–Kier alpha value is -0.460. The van der Waals surface area contributed by atoms with E-state index >= 15 is 0 Å². The molecule has 0 atom stereocenters. The van der Waals surface area contributed by atoms with E-state index in [2.05, 4.69) is 38.8 Å². The maximum Gasteiger partial charge on any atom is 0.0227 e. The Bertz CT molecular complexity index is 156. The summed E-state index contributed by atoms with van der Waals surface area (Å²) in [5.41, 5.74) is 1.61. The van der Waals surface area contributed by atoms with Gasteiger partial charge in [0, 0.05) is 12.6 Å². The summed E-state index contributed by atoms with van der Waals surface area (Å²) in [4.78, 5) is 2.43. The normalized spacial score (nSPS) is 18.4. The fourth-order valence-corrected chi connectivity index (χ4v) is 1.45. The van der Waals surface area contributed by atoms with Crippen LogP contribution in [0.15, 0.2) is 11.8 Å². The third-order valence-corrected chi connectivity index (χ3v) is 2.40. The molecule has 0 saturated carbocycles. The first-order valence-corrected chi connectivity index (χ1v) is 4.57. The fourth-order valence-electron chi connectivity index (χ4n) is 1.45. The Morgan fingerprint density at radius 1 is 1.27 bits per heavy atom. The predicted octanol–water partition coefficient (Wildman–Crippen LogP) is 2.64. The standard InChI is InChI=1S/C10H19N/c1-8(2)10-5-6-11(7-10)9(3)4/h7-9H,5-6H2,1-4H3. The van der Waals surface area contributed by atoms with E-state index in [0.29, 0.717) is 6.04 Å². The smallest absolute Gasteiger partial charge is 0.0227 e. The molecule has 0 aromatic heterocycles. The molecule has 1 heterocycles. The van der Waals surface area contributed by atoms with Crippen molar-refractivity contribution in [1.82, 2.24) is 4.90 Å². The predicted molar refractivity (Wildman–Crippen MR) is 49.4 cm³/mol. The van der Waals surface area contributed by atoms with E-state index in [1.54, 1.807) is 5.57 Å². The highest BCUT2D eigenvalue weighted by Gasteiger charge is 2.15. The van der Waals surface area contributed by atoms with Gasteiger partial charge in [0.15, 0.2) is 0 Å². The molecule has 0 aliphatic carbocycles. The topological polar surface area (TPSA) is 3.24 Å². The summed E-state index contributed by atoms with van der Waals surface area (Å²) in [6.45, 7) is 10.3. The van der Waals surface area contributed by atoms with Gasteiger partial charge in [-0.2, -0.15) is 0 Å². The van der Waals surface area contributed by atoms with E-state index in [4.69, 9.17) is 0 Å². The largest absolute Gasteiger partial charge is 0.375 e. The van der Waals surface area contributed by atoms with Crippen LogP contribution in [0.5, 0.6) is 0 Å². The van der Waals surface area contributed by atoms with Gasteiger partial charge >= 0.3 is 0 Å². The molecule has 11 heavy (non-hydrogen) atoms. The minimum atomic E-state index is 0.672. The van der Waals surface area contributed by atoms with Crippen LogP contribution in [0.2, 0.25) is 0 Å². The quantitative estimate of drug-likeness (QED) is 0.589. The van der Waals surface area contributed by atoms with Gasteiger partial charge < -0.3 is 4.90 Å². The van der Waals surface area contributed by atoms with Crippen molar-refractivity contribution in [2.45, 2.75) is 40.2 Å². The van der Waals surface area contributed by atoms with Crippen LogP contribution in [-0.2, 0) is 0 Å². The zero-order valence-corrected chi connectivity index (χ0v) is 8.09. The molecule has 0 spiro atoms. The van der Waals surface area contributed by atoms with Crippen molar-refractivity contribution in [3.05, 3.63) is 11.8 Å². The van der Waals surface area contributed by atoms with Gasteiger partial charge in [0.2, 0.25) is 0 Å². The first-order valence-electron chi connectivity index (χ1n) is 4.57. The lowest BCUT2D eigenvalue weighted by Crippen LogP contribution is -2.22. The zero-order valence-electron chi connectivity index (χ0n) is 8.09. The molecule has 1 aliphatic rings. The van der Waals surface area contributed by atoms with Crippen LogP contribution < -0.4 is 0 Å². The second kappa shape index (κ2) is 3.29. The van der Waals surface area contributed by atoms with Crippen molar-refractivity contribution in [1.29, 1.82) is 0 Å². The van der Waals surface area contributed by atoms with E-state index in [1.807, 2.05) is 0 Å². The van der Waals surface area contributed by atoms with Gasteiger partial charge in [0.1, 0.15) is 0 Å². The second-order valence-electron chi connectivity index (χ2n) is 3.94. The van der Waals surface area contributed by atoms with E-state index in [0.717, 1.165) is 5.92 Å². The second-order valence-corrected chi connectivity index (χ2v) is 3.94. The van der Waals surface area contributed by atoms with Crippen LogP contribution in [-0.4, -0.2) is 17.5 Å². The molecule has 0 aromatic rings. The molecular formula is C10H19N. The van der Waals surface area contributed by atoms with Crippen molar-refractivity contribution in [2.75, 3.05) is 6.54 Å². The molecule has 0 saturated heterocycles. The average Bonchev–Trinajstić information content (AvgIpc) is 2.33. The Labute approximate surface area is 70.1 Å². The van der Waals surface area contributed by atoms with E-state index < -0.39 is 0 Å². The maximum atomic E-state index is 2.43. The van der Waals surface area contributed by atoms with Crippen LogP contribution in [0.25, 0.3) is 0 Å². The molecule has 0 fully saturated rings. The number of rotatable bonds is 2. The molecule has 0 radical (unpaired) electrons. The van der Waals surface area contributed by atoms with Gasteiger partial charge in [-0.1, -0.05) is 19.4 Å². The third kappa shape index (κ3) is 1.98. The van der Waals surface area contributed by atoms with Crippen LogP contribution in [0.3, 0.4) is 0 Å². The molecule has 0 unspecified atom stereocenters. The summed E-state index contributed by atoms with van der Waals surface area (Å²) in [7, 11) is 0. The van der Waals surface area contributed by atoms with Gasteiger partial charge in [-0.25, -0.2) is 0 Å². The highest BCUT2D eigenvalue weighted by atomic mass is 15.1. The van der Waals surface area contributed by atoms with Crippen LogP contribution >= 0.6 is 0 Å². The number of hydrogen-bond donors (Lipinski definition) is 0. The lowest BCUT2D eigenvalue weighted by atomic mass is 10.0. The Morgan fingerprint density at radius 2 is 1.91 bits per heavy atom. The molecule has 64 valence electrons. The number of nitrogens with zero attached hydrogens (tertiary/aromatic N) is 1. The molecule has 1 heteroatoms. The first-order chi connectivity index (χ1) is 5.11. The lowest BCUT2D eigenvalue weighted by molar-refractivity contribution is 0.336. The lowest BCUT2D eigenvalue weighted by Gasteiger charge is -2.19. The minimum absolute atomic E-state index is 0.672. The summed E-state index contributed by atoms with van der Waals surface area (Å²) >= 11 is 0. The monoisotopic (exact) mass is 153 g/mol. The molecule has 0 N–H and O–H groups in total. The molecular weight excluding hydrogens is 134 g/mol.